The molecule has 0 saturated carbocycles. The van der Waals surface area contributed by atoms with Crippen molar-refractivity contribution in [3.05, 3.63) is 58.5 Å². The summed E-state index contributed by atoms with van der Waals surface area (Å²) in [4.78, 5) is 37.3. The zero-order valence-electron chi connectivity index (χ0n) is 15.9. The Morgan fingerprint density at radius 1 is 1.14 bits per heavy atom. The van der Waals surface area contributed by atoms with Crippen LogP contribution in [0.2, 0.25) is 0 Å². The van der Waals surface area contributed by atoms with Gasteiger partial charge in [0.2, 0.25) is 0 Å². The Morgan fingerprint density at radius 2 is 1.86 bits per heavy atom. The number of thioether (sulfide) groups is 1. The van der Waals surface area contributed by atoms with E-state index in [1.165, 1.54) is 7.11 Å². The summed E-state index contributed by atoms with van der Waals surface area (Å²) in [5.74, 6) is -0.892. The molecular weight excluding hydrogens is 394 g/mol. The zero-order valence-corrected chi connectivity index (χ0v) is 16.7. The third-order valence-electron chi connectivity index (χ3n) is 4.23. The fourth-order valence-corrected chi connectivity index (χ4v) is 3.60. The summed E-state index contributed by atoms with van der Waals surface area (Å²) >= 11 is 0.862. The number of carboxylic acid groups (broad SMARTS) is 1. The molecule has 1 heterocycles. The molecule has 29 heavy (non-hydrogen) atoms. The van der Waals surface area contributed by atoms with Gasteiger partial charge in [0.1, 0.15) is 0 Å². The van der Waals surface area contributed by atoms with Crippen molar-refractivity contribution in [2.75, 3.05) is 18.6 Å². The number of aryl methyl sites for hydroxylation is 1. The van der Waals surface area contributed by atoms with Gasteiger partial charge >= 0.3 is 5.97 Å². The molecule has 0 radical (unpaired) electrons. The number of amides is 2. The van der Waals surface area contributed by atoms with Crippen molar-refractivity contribution in [3.8, 4) is 11.5 Å². The average molecular weight is 413 g/mol. The number of nitrogens with zero attached hydrogens (tertiary/aromatic N) is 1. The number of benzene rings is 2. The van der Waals surface area contributed by atoms with E-state index in [2.05, 4.69) is 0 Å². The van der Waals surface area contributed by atoms with Crippen molar-refractivity contribution < 1.29 is 29.0 Å². The first-order chi connectivity index (χ1) is 13.9. The van der Waals surface area contributed by atoms with Crippen LogP contribution in [0, 0.1) is 0 Å². The van der Waals surface area contributed by atoms with Crippen molar-refractivity contribution in [2.45, 2.75) is 13.3 Å². The third-order valence-corrected chi connectivity index (χ3v) is 5.10. The molecule has 2 amide bonds. The number of hydrogen-bond donors (Lipinski definition) is 1. The number of carbonyl (C=O) groups excluding carboxylic acids is 2. The van der Waals surface area contributed by atoms with Crippen molar-refractivity contribution in [2.24, 2.45) is 0 Å². The van der Waals surface area contributed by atoms with E-state index < -0.39 is 18.5 Å². The summed E-state index contributed by atoms with van der Waals surface area (Å²) in [6.07, 6.45) is 2.46. The van der Waals surface area contributed by atoms with E-state index in [-0.39, 0.29) is 15.9 Å². The zero-order chi connectivity index (χ0) is 21.0. The maximum absolute atomic E-state index is 12.8. The second kappa shape index (κ2) is 8.83. The Balaban J connectivity index is 1.84. The van der Waals surface area contributed by atoms with Crippen LogP contribution in [0.4, 0.5) is 10.5 Å². The minimum Gasteiger partial charge on any atom is -0.493 e. The van der Waals surface area contributed by atoms with Gasteiger partial charge in [0.15, 0.2) is 18.1 Å². The van der Waals surface area contributed by atoms with Crippen molar-refractivity contribution in [1.82, 2.24) is 0 Å². The van der Waals surface area contributed by atoms with Crippen LogP contribution in [0.3, 0.4) is 0 Å². The van der Waals surface area contributed by atoms with E-state index in [1.54, 1.807) is 36.4 Å². The van der Waals surface area contributed by atoms with Gasteiger partial charge in [0.05, 0.1) is 17.7 Å². The molecule has 0 atom stereocenters. The number of carboxylic acids is 1. The fourth-order valence-electron chi connectivity index (χ4n) is 2.76. The molecule has 1 fully saturated rings. The molecule has 0 aromatic heterocycles. The topological polar surface area (TPSA) is 93.1 Å². The molecule has 1 N–H and O–H groups in total. The standard InChI is InChI=1S/C21H19NO6S/c1-3-13-4-7-15(8-5-13)22-20(25)18(29-21(22)26)11-14-6-9-16(17(10-14)27-2)28-12-19(23)24/h4-11H,3,12H2,1-2H3,(H,23,24)/b18-11+. The van der Waals surface area contributed by atoms with Crippen molar-refractivity contribution >= 4 is 40.6 Å². The molecule has 3 rings (SSSR count). The molecule has 0 unspecified atom stereocenters. The Hall–Kier alpha value is -3.26. The first-order valence-corrected chi connectivity index (χ1v) is 9.64. The second-order valence-electron chi connectivity index (χ2n) is 6.13. The number of ether oxygens (including phenoxy) is 2. The monoisotopic (exact) mass is 413 g/mol. The maximum atomic E-state index is 12.8. The van der Waals surface area contributed by atoms with Gasteiger partial charge in [-0.2, -0.15) is 0 Å². The lowest BCUT2D eigenvalue weighted by Crippen LogP contribution is -2.27. The Morgan fingerprint density at radius 3 is 2.48 bits per heavy atom. The number of rotatable bonds is 7. The fraction of sp³-hybridized carbons (Fsp3) is 0.190. The molecule has 150 valence electrons. The minimum absolute atomic E-state index is 0.274. The molecule has 0 aliphatic carbocycles. The van der Waals surface area contributed by atoms with Gasteiger partial charge in [-0.3, -0.25) is 9.59 Å². The summed E-state index contributed by atoms with van der Waals surface area (Å²) in [6, 6.07) is 12.1. The molecule has 8 heteroatoms. The second-order valence-corrected chi connectivity index (χ2v) is 7.12. The predicted molar refractivity (Wildman–Crippen MR) is 110 cm³/mol. The highest BCUT2D eigenvalue weighted by atomic mass is 32.2. The number of aliphatic carboxylic acids is 1. The normalized spacial score (nSPS) is 15.1. The summed E-state index contributed by atoms with van der Waals surface area (Å²) in [6.45, 7) is 1.54. The number of anilines is 1. The van der Waals surface area contributed by atoms with Gasteiger partial charge in [-0.05, 0) is 59.7 Å². The van der Waals surface area contributed by atoms with E-state index in [0.29, 0.717) is 17.0 Å². The molecule has 0 bridgehead atoms. The minimum atomic E-state index is -1.10. The molecule has 1 saturated heterocycles. The van der Waals surface area contributed by atoms with Gasteiger partial charge in [-0.15, -0.1) is 0 Å². The predicted octanol–water partition coefficient (Wildman–Crippen LogP) is 3.96. The summed E-state index contributed by atoms with van der Waals surface area (Å²) < 4.78 is 10.4. The molecule has 0 spiro atoms. The van der Waals surface area contributed by atoms with Crippen molar-refractivity contribution in [1.29, 1.82) is 0 Å². The van der Waals surface area contributed by atoms with Gasteiger partial charge in [0, 0.05) is 0 Å². The quantitative estimate of drug-likeness (QED) is 0.687. The number of imide groups is 1. The first-order valence-electron chi connectivity index (χ1n) is 8.82. The summed E-state index contributed by atoms with van der Waals surface area (Å²) in [5, 5.41) is 8.37. The highest BCUT2D eigenvalue weighted by Crippen LogP contribution is 2.37. The van der Waals surface area contributed by atoms with E-state index in [9.17, 15) is 14.4 Å². The molecular formula is C21H19NO6S. The van der Waals surface area contributed by atoms with Crippen LogP contribution in [-0.4, -0.2) is 35.9 Å². The number of hydrogen-bond acceptors (Lipinski definition) is 6. The highest BCUT2D eigenvalue weighted by molar-refractivity contribution is 8.19. The largest absolute Gasteiger partial charge is 0.493 e. The molecule has 1 aliphatic rings. The van der Waals surface area contributed by atoms with Gasteiger partial charge < -0.3 is 14.6 Å². The summed E-state index contributed by atoms with van der Waals surface area (Å²) in [5.41, 5.74) is 2.27. The van der Waals surface area contributed by atoms with Crippen molar-refractivity contribution in [3.63, 3.8) is 0 Å². The number of methoxy groups -OCH3 is 1. The molecule has 7 nitrogen and oxygen atoms in total. The van der Waals surface area contributed by atoms with Crippen LogP contribution in [0.5, 0.6) is 11.5 Å². The highest BCUT2D eigenvalue weighted by Gasteiger charge is 2.36. The SMILES string of the molecule is CCc1ccc(N2C(=O)S/C(=C/c3ccc(OCC(=O)O)c(OC)c3)C2=O)cc1. The first kappa shape index (κ1) is 20.5. The third kappa shape index (κ3) is 4.60. The van der Waals surface area contributed by atoms with E-state index in [0.717, 1.165) is 28.6 Å². The summed E-state index contributed by atoms with van der Waals surface area (Å²) in [7, 11) is 1.43. The lowest BCUT2D eigenvalue weighted by molar-refractivity contribution is -0.139. The molecule has 2 aromatic carbocycles. The Labute approximate surface area is 171 Å². The van der Waals surface area contributed by atoms with Crippen LogP contribution in [0.1, 0.15) is 18.1 Å². The van der Waals surface area contributed by atoms with E-state index in [4.69, 9.17) is 14.6 Å². The average Bonchev–Trinajstić information content (AvgIpc) is 2.99. The van der Waals surface area contributed by atoms with Crippen LogP contribution >= 0.6 is 11.8 Å². The molecule has 2 aromatic rings. The Kier molecular flexibility index (Phi) is 6.23. The maximum Gasteiger partial charge on any atom is 0.341 e. The lowest BCUT2D eigenvalue weighted by Gasteiger charge is -2.12. The smallest absolute Gasteiger partial charge is 0.341 e. The van der Waals surface area contributed by atoms with E-state index >= 15 is 0 Å². The van der Waals surface area contributed by atoms with Gasteiger partial charge in [0.25, 0.3) is 11.1 Å². The van der Waals surface area contributed by atoms with Gasteiger partial charge in [-0.25, -0.2) is 9.69 Å². The van der Waals surface area contributed by atoms with Crippen LogP contribution < -0.4 is 14.4 Å². The lowest BCUT2D eigenvalue weighted by atomic mass is 10.1. The van der Waals surface area contributed by atoms with Crippen LogP contribution in [0.15, 0.2) is 47.4 Å². The van der Waals surface area contributed by atoms with Crippen LogP contribution in [0.25, 0.3) is 6.08 Å². The van der Waals surface area contributed by atoms with Gasteiger partial charge in [-0.1, -0.05) is 25.1 Å². The van der Waals surface area contributed by atoms with Crippen LogP contribution in [-0.2, 0) is 16.0 Å². The molecule has 1 aliphatic heterocycles. The number of carbonyl (C=O) groups is 3. The van der Waals surface area contributed by atoms with E-state index in [1.807, 2.05) is 19.1 Å². The Bertz CT molecular complexity index is 983.